The molecule has 0 saturated heterocycles. The summed E-state index contributed by atoms with van der Waals surface area (Å²) in [6, 6.07) is 0. The first-order valence-electron chi connectivity index (χ1n) is 17.9. The first-order chi connectivity index (χ1) is 18.7. The second-order valence-corrected chi connectivity index (χ2v) is 12.5. The van der Waals surface area contributed by atoms with Crippen LogP contribution >= 0.6 is 0 Å². The molecule has 0 radical (unpaired) electrons. The topological polar surface area (TPSA) is 37.3 Å². The van der Waals surface area contributed by atoms with Gasteiger partial charge < -0.3 is 5.11 Å². The summed E-state index contributed by atoms with van der Waals surface area (Å²) < 4.78 is 0. The van der Waals surface area contributed by atoms with Crippen LogP contribution in [0.3, 0.4) is 0 Å². The van der Waals surface area contributed by atoms with Crippen molar-refractivity contribution < 1.29 is 9.90 Å². The molecule has 0 bridgehead atoms. The molecule has 0 aliphatic rings. The van der Waals surface area contributed by atoms with Crippen LogP contribution in [0.4, 0.5) is 0 Å². The molecule has 0 fully saturated rings. The molecule has 0 aromatic rings. The van der Waals surface area contributed by atoms with Gasteiger partial charge in [-0.05, 0) is 12.8 Å². The van der Waals surface area contributed by atoms with Gasteiger partial charge in [0.2, 0.25) is 0 Å². The van der Waals surface area contributed by atoms with Gasteiger partial charge in [-0.25, -0.2) is 0 Å². The second kappa shape index (κ2) is 36.8. The van der Waals surface area contributed by atoms with Gasteiger partial charge in [0, 0.05) is 0 Å². The molecule has 232 valence electrons. The first kappa shape index (κ1) is 41.9. The number of aliphatic carboxylic acids is 1. The van der Waals surface area contributed by atoms with Crippen molar-refractivity contribution in [2.75, 3.05) is 0 Å². The predicted molar refractivity (Wildman–Crippen MR) is 179 cm³/mol. The first-order valence-corrected chi connectivity index (χ1v) is 17.9. The van der Waals surface area contributed by atoms with Crippen molar-refractivity contribution in [2.45, 2.75) is 219 Å². The van der Waals surface area contributed by atoms with Crippen molar-refractivity contribution in [3.8, 4) is 0 Å². The summed E-state index contributed by atoms with van der Waals surface area (Å²) >= 11 is 0. The van der Waals surface area contributed by atoms with E-state index in [1.54, 1.807) is 0 Å². The molecule has 39 heavy (non-hydrogen) atoms. The second-order valence-electron chi connectivity index (χ2n) is 12.5. The van der Waals surface area contributed by atoms with E-state index >= 15 is 0 Å². The Balaban J connectivity index is 0. The SMILES string of the molecule is CCCCCCCCCCCCCCCCCCC(CCCCCCCCCCCCCCCC)C(=O)O.[CaH2]. The van der Waals surface area contributed by atoms with Crippen molar-refractivity contribution in [1.82, 2.24) is 0 Å². The van der Waals surface area contributed by atoms with E-state index in [1.165, 1.54) is 180 Å². The van der Waals surface area contributed by atoms with Crippen LogP contribution in [0.2, 0.25) is 0 Å². The van der Waals surface area contributed by atoms with Crippen LogP contribution < -0.4 is 0 Å². The minimum atomic E-state index is -0.555. The summed E-state index contributed by atoms with van der Waals surface area (Å²) in [6.07, 6.45) is 42.8. The quantitative estimate of drug-likeness (QED) is 0.0621. The molecule has 0 aromatic heterocycles. The molecular weight excluding hydrogens is 504 g/mol. The van der Waals surface area contributed by atoms with Crippen molar-refractivity contribution in [2.24, 2.45) is 5.92 Å². The molecule has 0 aromatic carbocycles. The summed E-state index contributed by atoms with van der Waals surface area (Å²) in [6.45, 7) is 4.57. The van der Waals surface area contributed by atoms with E-state index in [4.69, 9.17) is 0 Å². The number of carbonyl (C=O) groups is 1. The molecule has 0 spiro atoms. The van der Waals surface area contributed by atoms with E-state index in [0.29, 0.717) is 0 Å². The molecule has 0 aliphatic heterocycles. The fourth-order valence-corrected chi connectivity index (χ4v) is 5.92. The van der Waals surface area contributed by atoms with Gasteiger partial charge in [-0.1, -0.05) is 206 Å². The van der Waals surface area contributed by atoms with Crippen LogP contribution in [-0.4, -0.2) is 48.8 Å². The number of hydrogen-bond acceptors (Lipinski definition) is 1. The Hall–Kier alpha value is 0.730. The van der Waals surface area contributed by atoms with Gasteiger partial charge in [-0.2, -0.15) is 0 Å². The van der Waals surface area contributed by atoms with Crippen LogP contribution in [-0.2, 0) is 4.79 Å². The molecule has 2 nitrogen and oxygen atoms in total. The number of rotatable bonds is 33. The maximum absolute atomic E-state index is 11.7. The summed E-state index contributed by atoms with van der Waals surface area (Å²) in [5.74, 6) is -0.653. The van der Waals surface area contributed by atoms with E-state index in [2.05, 4.69) is 13.8 Å². The van der Waals surface area contributed by atoms with Crippen LogP contribution in [0.25, 0.3) is 0 Å². The van der Waals surface area contributed by atoms with Crippen molar-refractivity contribution in [3.63, 3.8) is 0 Å². The third-order valence-electron chi connectivity index (χ3n) is 8.66. The molecule has 0 saturated carbocycles. The van der Waals surface area contributed by atoms with Gasteiger partial charge in [0.1, 0.15) is 0 Å². The number of hydrogen-bond donors (Lipinski definition) is 1. The summed E-state index contributed by atoms with van der Waals surface area (Å²) in [4.78, 5) is 11.7. The standard InChI is InChI=1S/C36H72O2.Ca.2H/c1-3-5-7-9-11-13-15-17-19-20-22-24-26-28-30-32-34-35(36(37)38)33-31-29-27-25-23-21-18-16-14-12-10-8-6-4-2;;;/h35H,3-34H2,1-2H3,(H,37,38);;;. The summed E-state index contributed by atoms with van der Waals surface area (Å²) in [5.41, 5.74) is 0. The Morgan fingerprint density at radius 1 is 0.385 bits per heavy atom. The van der Waals surface area contributed by atoms with Crippen molar-refractivity contribution in [3.05, 3.63) is 0 Å². The van der Waals surface area contributed by atoms with Crippen LogP contribution in [0.15, 0.2) is 0 Å². The molecule has 0 amide bonds. The van der Waals surface area contributed by atoms with Gasteiger partial charge in [-0.3, -0.25) is 4.79 Å². The van der Waals surface area contributed by atoms with Gasteiger partial charge in [-0.15, -0.1) is 0 Å². The fraction of sp³-hybridized carbons (Fsp3) is 0.972. The van der Waals surface area contributed by atoms with Gasteiger partial charge >= 0.3 is 43.7 Å². The van der Waals surface area contributed by atoms with Gasteiger partial charge in [0.15, 0.2) is 0 Å². The van der Waals surface area contributed by atoms with Crippen LogP contribution in [0.1, 0.15) is 219 Å². The maximum atomic E-state index is 11.7. The Labute approximate surface area is 277 Å². The zero-order valence-electron chi connectivity index (χ0n) is 26.6. The molecular formula is C36H74CaO2. The Morgan fingerprint density at radius 3 is 0.744 bits per heavy atom. The van der Waals surface area contributed by atoms with E-state index in [1.807, 2.05) is 0 Å². The number of carboxylic acid groups (broad SMARTS) is 1. The van der Waals surface area contributed by atoms with Crippen LogP contribution in [0.5, 0.6) is 0 Å². The Bertz CT molecular complexity index is 453. The molecule has 1 atom stereocenters. The molecule has 0 heterocycles. The third-order valence-corrected chi connectivity index (χ3v) is 8.66. The average molecular weight is 579 g/mol. The monoisotopic (exact) mass is 579 g/mol. The molecule has 0 rings (SSSR count). The molecule has 0 aliphatic carbocycles. The van der Waals surface area contributed by atoms with Crippen molar-refractivity contribution in [1.29, 1.82) is 0 Å². The van der Waals surface area contributed by atoms with E-state index in [0.717, 1.165) is 25.7 Å². The third kappa shape index (κ3) is 34.8. The van der Waals surface area contributed by atoms with Crippen molar-refractivity contribution >= 4 is 43.7 Å². The Kier molecular flexibility index (Phi) is 39.5. The van der Waals surface area contributed by atoms with E-state index in [9.17, 15) is 9.90 Å². The van der Waals surface area contributed by atoms with Gasteiger partial charge in [0.05, 0.1) is 5.92 Å². The van der Waals surface area contributed by atoms with Gasteiger partial charge in [0.25, 0.3) is 0 Å². The Morgan fingerprint density at radius 2 is 0.564 bits per heavy atom. The summed E-state index contributed by atoms with van der Waals surface area (Å²) in [7, 11) is 0. The zero-order chi connectivity index (χ0) is 27.8. The average Bonchev–Trinajstić information content (AvgIpc) is 2.91. The van der Waals surface area contributed by atoms with E-state index < -0.39 is 5.97 Å². The molecule has 1 unspecified atom stereocenters. The predicted octanol–water partition coefficient (Wildman–Crippen LogP) is 12.3. The van der Waals surface area contributed by atoms with Crippen LogP contribution in [0, 0.1) is 5.92 Å². The summed E-state index contributed by atoms with van der Waals surface area (Å²) in [5, 5.41) is 9.60. The number of unbranched alkanes of at least 4 members (excludes halogenated alkanes) is 28. The normalized spacial score (nSPS) is 11.9. The molecule has 1 N–H and O–H groups in total. The zero-order valence-corrected chi connectivity index (χ0v) is 26.6. The number of carboxylic acids is 1. The van der Waals surface area contributed by atoms with E-state index in [-0.39, 0.29) is 43.7 Å². The molecule has 3 heteroatoms. The fourth-order valence-electron chi connectivity index (χ4n) is 5.92. The minimum absolute atomic E-state index is 0.